The minimum absolute atomic E-state index is 0.177. The Morgan fingerprint density at radius 3 is 3.06 bits per heavy atom. The lowest BCUT2D eigenvalue weighted by molar-refractivity contribution is -0.142. The smallest absolute Gasteiger partial charge is 0.306 e. The van der Waals surface area contributed by atoms with E-state index >= 15 is 0 Å². The summed E-state index contributed by atoms with van der Waals surface area (Å²) in [5.41, 5.74) is 2.38. The molecule has 0 radical (unpaired) electrons. The van der Waals surface area contributed by atoms with E-state index in [1.165, 1.54) is 5.69 Å². The van der Waals surface area contributed by atoms with Crippen molar-refractivity contribution in [3.63, 3.8) is 0 Å². The van der Waals surface area contributed by atoms with Gasteiger partial charge in [-0.25, -0.2) is 0 Å². The number of piperidine rings is 1. The molecular weight excluding hydrogens is 216 g/mol. The van der Waals surface area contributed by atoms with E-state index in [0.29, 0.717) is 6.04 Å². The average Bonchev–Trinajstić information content (AvgIpc) is 2.38. The topological polar surface area (TPSA) is 52.6 Å². The molecule has 2 atom stereocenters. The van der Waals surface area contributed by atoms with E-state index in [1.807, 2.05) is 12.1 Å². The van der Waals surface area contributed by atoms with Crippen LogP contribution >= 0.6 is 0 Å². The van der Waals surface area contributed by atoms with Gasteiger partial charge in [0, 0.05) is 19.1 Å². The second kappa shape index (κ2) is 3.95. The third-order valence-electron chi connectivity index (χ3n) is 3.81. The van der Waals surface area contributed by atoms with Crippen molar-refractivity contribution < 1.29 is 9.90 Å². The summed E-state index contributed by atoms with van der Waals surface area (Å²) in [5.74, 6) is -0.827. The Kier molecular flexibility index (Phi) is 2.42. The van der Waals surface area contributed by atoms with Crippen molar-refractivity contribution in [1.82, 2.24) is 0 Å². The van der Waals surface area contributed by atoms with Gasteiger partial charge in [0.1, 0.15) is 0 Å². The Morgan fingerprint density at radius 2 is 2.24 bits per heavy atom. The van der Waals surface area contributed by atoms with Crippen molar-refractivity contribution in [3.8, 4) is 0 Å². The highest BCUT2D eigenvalue weighted by Crippen LogP contribution is 2.36. The molecule has 1 saturated heterocycles. The second-order valence-electron chi connectivity index (χ2n) is 4.80. The van der Waals surface area contributed by atoms with Gasteiger partial charge in [-0.3, -0.25) is 4.79 Å². The molecule has 2 unspecified atom stereocenters. The zero-order chi connectivity index (χ0) is 11.8. The average molecular weight is 232 g/mol. The van der Waals surface area contributed by atoms with Crippen LogP contribution in [0.25, 0.3) is 0 Å². The van der Waals surface area contributed by atoms with Gasteiger partial charge in [0.2, 0.25) is 0 Å². The summed E-state index contributed by atoms with van der Waals surface area (Å²) in [6.07, 6.45) is 1.50. The van der Waals surface area contributed by atoms with Crippen molar-refractivity contribution in [3.05, 3.63) is 24.3 Å². The Hall–Kier alpha value is -1.71. The highest BCUT2D eigenvalue weighted by molar-refractivity contribution is 5.75. The molecule has 0 bridgehead atoms. The molecule has 2 N–H and O–H groups in total. The number of nitrogens with zero attached hydrogens (tertiary/aromatic N) is 1. The molecule has 1 aromatic carbocycles. The molecule has 0 aromatic heterocycles. The molecule has 0 aliphatic carbocycles. The Labute approximate surface area is 100 Å². The molecule has 2 aliphatic heterocycles. The normalized spacial score (nSPS) is 26.7. The first-order chi connectivity index (χ1) is 8.25. The molecule has 17 heavy (non-hydrogen) atoms. The number of fused-ring (bicyclic) bond motifs is 3. The number of para-hydroxylation sites is 2. The lowest BCUT2D eigenvalue weighted by Crippen LogP contribution is -2.50. The summed E-state index contributed by atoms with van der Waals surface area (Å²) in [6.45, 7) is 1.70. The van der Waals surface area contributed by atoms with Crippen molar-refractivity contribution in [1.29, 1.82) is 0 Å². The molecule has 0 amide bonds. The van der Waals surface area contributed by atoms with Crippen molar-refractivity contribution in [2.24, 2.45) is 5.92 Å². The van der Waals surface area contributed by atoms with Crippen molar-refractivity contribution in [2.45, 2.75) is 18.9 Å². The lowest BCUT2D eigenvalue weighted by atomic mass is 9.89. The molecule has 0 spiro atoms. The Bertz CT molecular complexity index is 447. The number of carboxylic acid groups (broad SMARTS) is 1. The maximum atomic E-state index is 11.0. The molecule has 1 aromatic rings. The third kappa shape index (κ3) is 1.73. The van der Waals surface area contributed by atoms with E-state index in [9.17, 15) is 4.79 Å². The van der Waals surface area contributed by atoms with Crippen LogP contribution in [0.15, 0.2) is 24.3 Å². The van der Waals surface area contributed by atoms with Gasteiger partial charge in [0.25, 0.3) is 0 Å². The fourth-order valence-electron chi connectivity index (χ4n) is 2.89. The third-order valence-corrected chi connectivity index (χ3v) is 3.81. The summed E-state index contributed by atoms with van der Waals surface area (Å²) in [7, 11) is 0. The summed E-state index contributed by atoms with van der Waals surface area (Å²) in [5, 5.41) is 12.5. The van der Waals surface area contributed by atoms with E-state index in [-0.39, 0.29) is 5.92 Å². The molecular formula is C13H16N2O2. The Balaban J connectivity index is 1.85. The first-order valence-electron chi connectivity index (χ1n) is 6.08. The molecule has 4 nitrogen and oxygen atoms in total. The van der Waals surface area contributed by atoms with E-state index < -0.39 is 5.97 Å². The van der Waals surface area contributed by atoms with Gasteiger partial charge in [-0.2, -0.15) is 0 Å². The van der Waals surface area contributed by atoms with Crippen LogP contribution in [-0.4, -0.2) is 30.2 Å². The number of hydrogen-bond acceptors (Lipinski definition) is 3. The van der Waals surface area contributed by atoms with E-state index in [0.717, 1.165) is 31.6 Å². The van der Waals surface area contributed by atoms with Gasteiger partial charge in [-0.1, -0.05) is 12.1 Å². The number of aliphatic carboxylic acids is 1. The van der Waals surface area contributed by atoms with Crippen LogP contribution in [0.4, 0.5) is 11.4 Å². The SMILES string of the molecule is O=C(O)C1CCN2c3ccccc3NCC2C1. The van der Waals surface area contributed by atoms with Gasteiger partial charge in [-0.15, -0.1) is 0 Å². The number of carbonyl (C=O) groups is 1. The maximum absolute atomic E-state index is 11.0. The highest BCUT2D eigenvalue weighted by Gasteiger charge is 2.34. The molecule has 4 heteroatoms. The maximum Gasteiger partial charge on any atom is 0.306 e. The van der Waals surface area contributed by atoms with E-state index in [2.05, 4.69) is 22.3 Å². The van der Waals surface area contributed by atoms with Crippen LogP contribution in [0.1, 0.15) is 12.8 Å². The summed E-state index contributed by atoms with van der Waals surface area (Å²) >= 11 is 0. The van der Waals surface area contributed by atoms with E-state index in [4.69, 9.17) is 5.11 Å². The van der Waals surface area contributed by atoms with Crippen molar-refractivity contribution in [2.75, 3.05) is 23.3 Å². The van der Waals surface area contributed by atoms with Crippen LogP contribution in [-0.2, 0) is 4.79 Å². The first kappa shape index (κ1) is 10.4. The molecule has 3 rings (SSSR count). The molecule has 0 saturated carbocycles. The van der Waals surface area contributed by atoms with Gasteiger partial charge < -0.3 is 15.3 Å². The standard InChI is InChI=1S/C13H16N2O2/c16-13(17)9-5-6-15-10(7-9)8-14-11-3-1-2-4-12(11)15/h1-4,9-10,14H,5-8H2,(H,16,17). The Morgan fingerprint density at radius 1 is 1.41 bits per heavy atom. The number of anilines is 2. The molecule has 90 valence electrons. The second-order valence-corrected chi connectivity index (χ2v) is 4.80. The van der Waals surface area contributed by atoms with Gasteiger partial charge >= 0.3 is 5.97 Å². The molecule has 2 heterocycles. The summed E-state index contributed by atoms with van der Waals surface area (Å²) in [6, 6.07) is 8.56. The fourth-order valence-corrected chi connectivity index (χ4v) is 2.89. The van der Waals surface area contributed by atoms with Crippen LogP contribution in [0, 0.1) is 5.92 Å². The van der Waals surface area contributed by atoms with Gasteiger partial charge in [-0.05, 0) is 25.0 Å². The van der Waals surface area contributed by atoms with Crippen LogP contribution in [0.5, 0.6) is 0 Å². The van der Waals surface area contributed by atoms with Gasteiger partial charge in [0.15, 0.2) is 0 Å². The monoisotopic (exact) mass is 232 g/mol. The largest absolute Gasteiger partial charge is 0.481 e. The number of nitrogens with one attached hydrogen (secondary N) is 1. The number of rotatable bonds is 1. The predicted molar refractivity (Wildman–Crippen MR) is 66.4 cm³/mol. The zero-order valence-electron chi connectivity index (χ0n) is 9.60. The minimum Gasteiger partial charge on any atom is -0.481 e. The number of hydrogen-bond donors (Lipinski definition) is 2. The molecule has 2 aliphatic rings. The number of carboxylic acids is 1. The van der Waals surface area contributed by atoms with Crippen LogP contribution < -0.4 is 10.2 Å². The highest BCUT2D eigenvalue weighted by atomic mass is 16.4. The predicted octanol–water partition coefficient (Wildman–Crippen LogP) is 1.78. The first-order valence-corrected chi connectivity index (χ1v) is 6.08. The molecule has 1 fully saturated rings. The van der Waals surface area contributed by atoms with Gasteiger partial charge in [0.05, 0.1) is 17.3 Å². The minimum atomic E-state index is -0.650. The van der Waals surface area contributed by atoms with E-state index in [1.54, 1.807) is 0 Å². The number of benzene rings is 1. The fraction of sp³-hybridized carbons (Fsp3) is 0.462. The lowest BCUT2D eigenvalue weighted by Gasteiger charge is -2.44. The van der Waals surface area contributed by atoms with Crippen LogP contribution in [0.3, 0.4) is 0 Å². The quantitative estimate of drug-likeness (QED) is 0.775. The van der Waals surface area contributed by atoms with Crippen molar-refractivity contribution >= 4 is 17.3 Å². The summed E-state index contributed by atoms with van der Waals surface area (Å²) in [4.78, 5) is 13.4. The zero-order valence-corrected chi connectivity index (χ0v) is 9.60. The van der Waals surface area contributed by atoms with Crippen LogP contribution in [0.2, 0.25) is 0 Å². The summed E-state index contributed by atoms with van der Waals surface area (Å²) < 4.78 is 0.